The van der Waals surface area contributed by atoms with Gasteiger partial charge in [0, 0.05) is 0 Å². The normalized spacial score (nSPS) is 13.7. The Hall–Kier alpha value is -1.39. The molecule has 0 saturated heterocycles. The molecule has 0 aliphatic heterocycles. The first-order chi connectivity index (χ1) is 6.45. The Kier molecular flexibility index (Phi) is 2.88. The molecule has 1 aromatic carbocycles. The summed E-state index contributed by atoms with van der Waals surface area (Å²) in [5, 5.41) is 0. The molecule has 76 valence electrons. The van der Waals surface area contributed by atoms with Gasteiger partial charge in [-0.25, -0.2) is 4.39 Å². The van der Waals surface area contributed by atoms with E-state index in [0.717, 1.165) is 18.2 Å². The smallest absolute Gasteiger partial charge is 0.302 e. The summed E-state index contributed by atoms with van der Waals surface area (Å²) in [7, 11) is 0. The fourth-order valence-electron chi connectivity index (χ4n) is 1.04. The molecule has 0 aliphatic rings. The van der Waals surface area contributed by atoms with Gasteiger partial charge in [-0.15, -0.1) is 0 Å². The van der Waals surface area contributed by atoms with Crippen LogP contribution in [0.25, 0.3) is 0 Å². The third-order valence-corrected chi connectivity index (χ3v) is 1.70. The Morgan fingerprint density at radius 2 is 1.93 bits per heavy atom. The molecule has 0 radical (unpaired) electrons. The van der Waals surface area contributed by atoms with Crippen LogP contribution >= 0.6 is 0 Å². The zero-order chi connectivity index (χ0) is 10.8. The van der Waals surface area contributed by atoms with E-state index in [4.69, 9.17) is 0 Å². The van der Waals surface area contributed by atoms with Crippen molar-refractivity contribution in [2.24, 2.45) is 0 Å². The van der Waals surface area contributed by atoms with Crippen molar-refractivity contribution in [1.82, 2.24) is 0 Å². The molecular weight excluding hydrogens is 200 g/mol. The van der Waals surface area contributed by atoms with Crippen LogP contribution in [0, 0.1) is 5.82 Å². The zero-order valence-corrected chi connectivity index (χ0v) is 6.88. The molecule has 1 aromatic rings. The number of rotatable bonds is 2. The summed E-state index contributed by atoms with van der Waals surface area (Å²) in [5.74, 6) is -3.04. The summed E-state index contributed by atoms with van der Waals surface area (Å²) in [6, 6.07) is 3.91. The van der Waals surface area contributed by atoms with Gasteiger partial charge >= 0.3 is 6.18 Å². The van der Waals surface area contributed by atoms with Crippen molar-refractivity contribution >= 4 is 6.29 Å². The summed E-state index contributed by atoms with van der Waals surface area (Å²) in [6.07, 6.45) is -4.91. The predicted molar refractivity (Wildman–Crippen MR) is 41.3 cm³/mol. The molecule has 1 unspecified atom stereocenters. The Balaban J connectivity index is 3.07. The van der Waals surface area contributed by atoms with E-state index < -0.39 is 17.9 Å². The van der Waals surface area contributed by atoms with E-state index >= 15 is 0 Å². The van der Waals surface area contributed by atoms with Gasteiger partial charge in [0.2, 0.25) is 0 Å². The number of benzene rings is 1. The topological polar surface area (TPSA) is 17.1 Å². The monoisotopic (exact) mass is 206 g/mol. The molecule has 1 nitrogen and oxygen atoms in total. The molecule has 1 atom stereocenters. The number of carbonyl (C=O) groups is 1. The van der Waals surface area contributed by atoms with Gasteiger partial charge < -0.3 is 4.79 Å². The molecule has 5 heteroatoms. The molecule has 0 aliphatic carbocycles. The first-order valence-electron chi connectivity index (χ1n) is 3.72. The van der Waals surface area contributed by atoms with Gasteiger partial charge in [0.15, 0.2) is 0 Å². The van der Waals surface area contributed by atoms with Crippen molar-refractivity contribution in [2.45, 2.75) is 12.1 Å². The highest BCUT2D eigenvalue weighted by molar-refractivity contribution is 5.63. The number of hydrogen-bond acceptors (Lipinski definition) is 1. The third kappa shape index (κ3) is 2.31. The van der Waals surface area contributed by atoms with E-state index in [1.807, 2.05) is 0 Å². The molecule has 0 fully saturated rings. The van der Waals surface area contributed by atoms with Crippen molar-refractivity contribution in [3.05, 3.63) is 35.6 Å². The van der Waals surface area contributed by atoms with Crippen LogP contribution in [0.15, 0.2) is 24.3 Å². The van der Waals surface area contributed by atoms with E-state index in [1.165, 1.54) is 0 Å². The van der Waals surface area contributed by atoms with Crippen molar-refractivity contribution in [3.63, 3.8) is 0 Å². The lowest BCUT2D eigenvalue weighted by Crippen LogP contribution is -2.22. The van der Waals surface area contributed by atoms with Gasteiger partial charge in [-0.05, 0) is 17.7 Å². The van der Waals surface area contributed by atoms with Crippen LogP contribution in [-0.2, 0) is 4.79 Å². The molecule has 0 bridgehead atoms. The van der Waals surface area contributed by atoms with E-state index in [2.05, 4.69) is 0 Å². The maximum Gasteiger partial charge on any atom is 0.402 e. The molecule has 0 heterocycles. The van der Waals surface area contributed by atoms with Crippen LogP contribution in [0.1, 0.15) is 11.5 Å². The van der Waals surface area contributed by atoms with Crippen LogP contribution < -0.4 is 0 Å². The summed E-state index contributed by atoms with van der Waals surface area (Å²) in [4.78, 5) is 10.2. The average Bonchev–Trinajstić information content (AvgIpc) is 2.02. The molecule has 0 saturated carbocycles. The molecule has 0 N–H and O–H groups in total. The average molecular weight is 206 g/mol. The standard InChI is InChI=1S/C9H6F4O/c10-7-3-1-2-6(4-7)8(5-14)9(11,12)13/h1-5,8H. The number of hydrogen-bond donors (Lipinski definition) is 0. The van der Waals surface area contributed by atoms with E-state index in [9.17, 15) is 22.4 Å². The molecule has 0 spiro atoms. The maximum absolute atomic E-state index is 12.6. The van der Waals surface area contributed by atoms with Gasteiger partial charge in [0.05, 0.1) is 0 Å². The zero-order valence-electron chi connectivity index (χ0n) is 6.88. The lowest BCUT2D eigenvalue weighted by Gasteiger charge is -2.14. The van der Waals surface area contributed by atoms with Gasteiger partial charge in [-0.2, -0.15) is 13.2 Å². The second-order valence-corrected chi connectivity index (χ2v) is 2.71. The largest absolute Gasteiger partial charge is 0.402 e. The minimum atomic E-state index is -4.67. The molecule has 0 amide bonds. The lowest BCUT2D eigenvalue weighted by molar-refractivity contribution is -0.155. The second-order valence-electron chi connectivity index (χ2n) is 2.71. The fraction of sp³-hybridized carbons (Fsp3) is 0.222. The summed E-state index contributed by atoms with van der Waals surface area (Å²) < 4.78 is 49.1. The van der Waals surface area contributed by atoms with E-state index in [-0.39, 0.29) is 11.8 Å². The van der Waals surface area contributed by atoms with Gasteiger partial charge in [0.25, 0.3) is 0 Å². The van der Waals surface area contributed by atoms with Crippen molar-refractivity contribution < 1.29 is 22.4 Å². The Labute approximate surface area is 77.3 Å². The predicted octanol–water partition coefficient (Wildman–Crippen LogP) is 2.67. The minimum absolute atomic E-state index is 0.241. The Morgan fingerprint density at radius 1 is 1.29 bits per heavy atom. The van der Waals surface area contributed by atoms with Crippen molar-refractivity contribution in [2.75, 3.05) is 0 Å². The maximum atomic E-state index is 12.6. The quantitative estimate of drug-likeness (QED) is 0.537. The Morgan fingerprint density at radius 3 is 2.36 bits per heavy atom. The number of carbonyl (C=O) groups excluding carboxylic acids is 1. The van der Waals surface area contributed by atoms with Gasteiger partial charge in [-0.1, -0.05) is 12.1 Å². The third-order valence-electron chi connectivity index (χ3n) is 1.70. The molecular formula is C9H6F4O. The summed E-state index contributed by atoms with van der Waals surface area (Å²) >= 11 is 0. The van der Waals surface area contributed by atoms with Crippen molar-refractivity contribution in [1.29, 1.82) is 0 Å². The van der Waals surface area contributed by atoms with Crippen LogP contribution in [0.3, 0.4) is 0 Å². The molecule has 1 rings (SSSR count). The highest BCUT2D eigenvalue weighted by Gasteiger charge is 2.40. The highest BCUT2D eigenvalue weighted by atomic mass is 19.4. The lowest BCUT2D eigenvalue weighted by atomic mass is 10.0. The van der Waals surface area contributed by atoms with Crippen LogP contribution in [0.5, 0.6) is 0 Å². The number of aldehydes is 1. The minimum Gasteiger partial charge on any atom is -0.302 e. The number of halogens is 4. The van der Waals surface area contributed by atoms with Crippen molar-refractivity contribution in [3.8, 4) is 0 Å². The van der Waals surface area contributed by atoms with E-state index in [1.54, 1.807) is 0 Å². The Bertz CT molecular complexity index is 332. The fourth-order valence-corrected chi connectivity index (χ4v) is 1.04. The number of alkyl halides is 3. The first kappa shape index (κ1) is 10.7. The first-order valence-corrected chi connectivity index (χ1v) is 3.72. The van der Waals surface area contributed by atoms with Crippen LogP contribution in [-0.4, -0.2) is 12.5 Å². The highest BCUT2D eigenvalue weighted by Crippen LogP contribution is 2.33. The second kappa shape index (κ2) is 3.77. The SMILES string of the molecule is O=CC(c1cccc(F)c1)C(F)(F)F. The van der Waals surface area contributed by atoms with Crippen LogP contribution in [0.2, 0.25) is 0 Å². The van der Waals surface area contributed by atoms with E-state index in [0.29, 0.717) is 6.07 Å². The molecule has 14 heavy (non-hydrogen) atoms. The summed E-state index contributed by atoms with van der Waals surface area (Å²) in [6.45, 7) is 0. The van der Waals surface area contributed by atoms with Gasteiger partial charge in [-0.3, -0.25) is 0 Å². The van der Waals surface area contributed by atoms with Gasteiger partial charge in [0.1, 0.15) is 18.0 Å². The van der Waals surface area contributed by atoms with Crippen LogP contribution in [0.4, 0.5) is 17.6 Å². The molecule has 0 aromatic heterocycles. The summed E-state index contributed by atoms with van der Waals surface area (Å²) in [5.41, 5.74) is -0.382.